The van der Waals surface area contributed by atoms with Gasteiger partial charge in [0.15, 0.2) is 0 Å². The first-order valence-corrected chi connectivity index (χ1v) is 7.64. The van der Waals surface area contributed by atoms with E-state index in [2.05, 4.69) is 28.6 Å². The number of allylic oxidation sites excluding steroid dienone is 2. The first-order valence-electron chi connectivity index (χ1n) is 6.03. The van der Waals surface area contributed by atoms with Gasteiger partial charge in [0, 0.05) is 14.9 Å². The van der Waals surface area contributed by atoms with Crippen molar-refractivity contribution in [2.24, 2.45) is 0 Å². The first kappa shape index (κ1) is 13.6. The average Bonchev–Trinajstić information content (AvgIpc) is 2.41. The van der Waals surface area contributed by atoms with Crippen molar-refractivity contribution in [3.63, 3.8) is 0 Å². The van der Waals surface area contributed by atoms with Crippen molar-refractivity contribution in [1.82, 2.24) is 0 Å². The number of carbonyl (C=O) groups excluding carboxylic acids is 1. The largest absolute Gasteiger partial charge is 0.281 e. The number of carbonyl (C=O) groups is 1. The van der Waals surface area contributed by atoms with Crippen LogP contribution < -0.4 is 0 Å². The summed E-state index contributed by atoms with van der Waals surface area (Å²) in [5, 5.41) is 0.0606. The van der Waals surface area contributed by atoms with Gasteiger partial charge in [0.25, 0.3) is 0 Å². The molecule has 0 radical (unpaired) electrons. The van der Waals surface area contributed by atoms with E-state index < -0.39 is 0 Å². The highest BCUT2D eigenvalue weighted by atomic mass is 79.9. The number of hydrogen-bond donors (Lipinski definition) is 0. The fraction of sp³-hybridized carbons (Fsp3) is 0.267. The van der Waals surface area contributed by atoms with E-state index in [0.29, 0.717) is 5.57 Å². The normalized spacial score (nSPS) is 15.1. The Balaban J connectivity index is 2.01. The highest BCUT2D eigenvalue weighted by molar-refractivity contribution is 9.10. The lowest BCUT2D eigenvalue weighted by molar-refractivity contribution is -0.107. The van der Waals surface area contributed by atoms with E-state index in [1.165, 1.54) is 24.6 Å². The van der Waals surface area contributed by atoms with Gasteiger partial charge < -0.3 is 0 Å². The van der Waals surface area contributed by atoms with Crippen molar-refractivity contribution >= 4 is 32.8 Å². The summed E-state index contributed by atoms with van der Waals surface area (Å²) in [6.45, 7) is 3.94. The molecule has 0 bridgehead atoms. The molecule has 94 valence electrons. The summed E-state index contributed by atoms with van der Waals surface area (Å²) < 4.78 is 1.02. The summed E-state index contributed by atoms with van der Waals surface area (Å²) in [6, 6.07) is 7.76. The maximum absolute atomic E-state index is 12.1. The Hall–Kier alpha value is -0.800. The molecule has 3 heteroatoms. The zero-order valence-corrected chi connectivity index (χ0v) is 12.5. The minimum absolute atomic E-state index is 0.0606. The maximum Gasteiger partial charge on any atom is 0.223 e. The standard InChI is InChI=1S/C15H15BrOS/c1-11(12-5-3-2-4-6-12)15(17)18-14-9-7-13(16)8-10-14/h5,7-10H,1-4,6H2. The second-order valence-electron chi connectivity index (χ2n) is 4.30. The van der Waals surface area contributed by atoms with Gasteiger partial charge in [-0.15, -0.1) is 0 Å². The van der Waals surface area contributed by atoms with E-state index in [1.807, 2.05) is 24.3 Å². The third kappa shape index (κ3) is 3.59. The fourth-order valence-electron chi connectivity index (χ4n) is 1.91. The molecule has 0 saturated carbocycles. The molecule has 1 aliphatic carbocycles. The summed E-state index contributed by atoms with van der Waals surface area (Å²) >= 11 is 4.64. The van der Waals surface area contributed by atoms with Gasteiger partial charge in [0.1, 0.15) is 0 Å². The Kier molecular flexibility index (Phi) is 4.84. The molecule has 0 unspecified atom stereocenters. The van der Waals surface area contributed by atoms with Crippen LogP contribution in [0.3, 0.4) is 0 Å². The number of benzene rings is 1. The van der Waals surface area contributed by atoms with Crippen molar-refractivity contribution in [1.29, 1.82) is 0 Å². The molecule has 0 aromatic heterocycles. The smallest absolute Gasteiger partial charge is 0.223 e. The zero-order chi connectivity index (χ0) is 13.0. The van der Waals surface area contributed by atoms with Crippen molar-refractivity contribution < 1.29 is 4.79 Å². The van der Waals surface area contributed by atoms with Gasteiger partial charge in [-0.25, -0.2) is 0 Å². The van der Waals surface area contributed by atoms with Crippen molar-refractivity contribution in [3.05, 3.63) is 52.5 Å². The van der Waals surface area contributed by atoms with Gasteiger partial charge >= 0.3 is 0 Å². The van der Waals surface area contributed by atoms with Crippen molar-refractivity contribution in [2.45, 2.75) is 30.6 Å². The van der Waals surface area contributed by atoms with Crippen LogP contribution in [-0.2, 0) is 4.79 Å². The molecule has 0 heterocycles. The third-order valence-electron chi connectivity index (χ3n) is 2.95. The number of rotatable bonds is 3. The Bertz CT molecular complexity index is 488. The summed E-state index contributed by atoms with van der Waals surface area (Å²) in [4.78, 5) is 13.1. The second-order valence-corrected chi connectivity index (χ2v) is 6.26. The number of thioether (sulfide) groups is 1. The van der Waals surface area contributed by atoms with Crippen LogP contribution in [0.5, 0.6) is 0 Å². The van der Waals surface area contributed by atoms with Gasteiger partial charge in [0.2, 0.25) is 5.12 Å². The Morgan fingerprint density at radius 3 is 2.56 bits per heavy atom. The minimum Gasteiger partial charge on any atom is -0.281 e. The van der Waals surface area contributed by atoms with Crippen LogP contribution in [0.2, 0.25) is 0 Å². The van der Waals surface area contributed by atoms with Crippen LogP contribution in [0.4, 0.5) is 0 Å². The number of hydrogen-bond acceptors (Lipinski definition) is 2. The predicted molar refractivity (Wildman–Crippen MR) is 80.7 cm³/mol. The van der Waals surface area contributed by atoms with Gasteiger partial charge in [0.05, 0.1) is 0 Å². The summed E-state index contributed by atoms with van der Waals surface area (Å²) in [6.07, 6.45) is 6.62. The minimum atomic E-state index is 0.0606. The molecule has 0 spiro atoms. The summed E-state index contributed by atoms with van der Waals surface area (Å²) in [5.41, 5.74) is 1.80. The van der Waals surface area contributed by atoms with Gasteiger partial charge in [-0.1, -0.05) is 28.6 Å². The molecular formula is C15H15BrOS. The fourth-order valence-corrected chi connectivity index (χ4v) is 2.92. The topological polar surface area (TPSA) is 17.1 Å². The van der Waals surface area contributed by atoms with Crippen LogP contribution >= 0.6 is 27.7 Å². The van der Waals surface area contributed by atoms with Crippen LogP contribution in [0.1, 0.15) is 25.7 Å². The van der Waals surface area contributed by atoms with Crippen LogP contribution in [0, 0.1) is 0 Å². The van der Waals surface area contributed by atoms with E-state index in [9.17, 15) is 4.79 Å². The van der Waals surface area contributed by atoms with E-state index >= 15 is 0 Å². The molecule has 0 saturated heterocycles. The van der Waals surface area contributed by atoms with Gasteiger partial charge in [-0.2, -0.15) is 0 Å². The molecule has 0 fully saturated rings. The first-order chi connectivity index (χ1) is 8.66. The molecule has 0 aliphatic heterocycles. The Morgan fingerprint density at radius 1 is 1.22 bits per heavy atom. The quantitative estimate of drug-likeness (QED) is 0.567. The molecule has 0 atom stereocenters. The van der Waals surface area contributed by atoms with Crippen LogP contribution in [0.25, 0.3) is 0 Å². The third-order valence-corrected chi connectivity index (χ3v) is 4.42. The molecule has 1 nitrogen and oxygen atoms in total. The second kappa shape index (κ2) is 6.39. The monoisotopic (exact) mass is 322 g/mol. The Morgan fingerprint density at radius 2 is 1.94 bits per heavy atom. The highest BCUT2D eigenvalue weighted by Crippen LogP contribution is 2.29. The molecule has 2 rings (SSSR count). The molecule has 1 aromatic rings. The number of halogens is 1. The van der Waals surface area contributed by atoms with Gasteiger partial charge in [-0.05, 0) is 67.3 Å². The predicted octanol–water partition coefficient (Wildman–Crippen LogP) is 5.12. The zero-order valence-electron chi connectivity index (χ0n) is 10.1. The van der Waals surface area contributed by atoms with Crippen molar-refractivity contribution in [2.75, 3.05) is 0 Å². The molecule has 1 aliphatic rings. The average molecular weight is 323 g/mol. The molecule has 18 heavy (non-hydrogen) atoms. The summed E-state index contributed by atoms with van der Waals surface area (Å²) in [7, 11) is 0. The lowest BCUT2D eigenvalue weighted by Gasteiger charge is -2.13. The van der Waals surface area contributed by atoms with E-state index in [1.54, 1.807) is 0 Å². The van der Waals surface area contributed by atoms with E-state index in [0.717, 1.165) is 27.8 Å². The molecule has 1 aromatic carbocycles. The van der Waals surface area contributed by atoms with Crippen molar-refractivity contribution in [3.8, 4) is 0 Å². The molecule has 0 amide bonds. The van der Waals surface area contributed by atoms with Gasteiger partial charge in [-0.3, -0.25) is 4.79 Å². The molecular weight excluding hydrogens is 308 g/mol. The van der Waals surface area contributed by atoms with E-state index in [4.69, 9.17) is 0 Å². The highest BCUT2D eigenvalue weighted by Gasteiger charge is 2.15. The van der Waals surface area contributed by atoms with E-state index in [-0.39, 0.29) is 5.12 Å². The van der Waals surface area contributed by atoms with Crippen LogP contribution in [-0.4, -0.2) is 5.12 Å². The SMILES string of the molecule is C=C(C(=O)Sc1ccc(Br)cc1)C1=CCCCC1. The molecule has 0 N–H and O–H groups in total. The summed E-state index contributed by atoms with van der Waals surface area (Å²) in [5.74, 6) is 0. The van der Waals surface area contributed by atoms with Crippen LogP contribution in [0.15, 0.2) is 57.4 Å². The lowest BCUT2D eigenvalue weighted by Crippen LogP contribution is -2.02. The maximum atomic E-state index is 12.1. The lowest BCUT2D eigenvalue weighted by atomic mass is 9.95. The Labute approximate surface area is 120 Å².